The van der Waals surface area contributed by atoms with Crippen LogP contribution in [0.5, 0.6) is 0 Å². The monoisotopic (exact) mass is 277 g/mol. The van der Waals surface area contributed by atoms with Crippen LogP contribution >= 0.6 is 0 Å². The topological polar surface area (TPSA) is 65.2 Å². The van der Waals surface area contributed by atoms with Gasteiger partial charge in [-0.15, -0.1) is 0 Å². The quantitative estimate of drug-likeness (QED) is 0.870. The van der Waals surface area contributed by atoms with Gasteiger partial charge in [0.05, 0.1) is 5.56 Å². The molecule has 2 heterocycles. The molecule has 20 heavy (non-hydrogen) atoms. The van der Waals surface area contributed by atoms with Crippen molar-refractivity contribution in [2.45, 2.75) is 32.7 Å². The predicted octanol–water partition coefficient (Wildman–Crippen LogP) is 1.23. The lowest BCUT2D eigenvalue weighted by Crippen LogP contribution is -2.50. The Labute approximate surface area is 119 Å². The standard InChI is InChI=1S/C15H23N3O2/c1-3-11-10-18(8-7-13(11)16-4-2)15(20)12-5-6-14(19)17-9-12/h5-6,9,11,13,16H,3-4,7-8,10H2,1-2H3,(H,17,19). The Morgan fingerprint density at radius 2 is 2.25 bits per heavy atom. The Hall–Kier alpha value is -1.62. The van der Waals surface area contributed by atoms with E-state index in [0.717, 1.165) is 32.5 Å². The summed E-state index contributed by atoms with van der Waals surface area (Å²) >= 11 is 0. The number of piperidine rings is 1. The minimum Gasteiger partial charge on any atom is -0.338 e. The van der Waals surface area contributed by atoms with Crippen LogP contribution in [0.4, 0.5) is 0 Å². The number of carbonyl (C=O) groups is 1. The first-order valence-electron chi connectivity index (χ1n) is 7.37. The molecule has 1 amide bonds. The zero-order valence-electron chi connectivity index (χ0n) is 12.2. The average molecular weight is 277 g/mol. The third kappa shape index (κ3) is 3.28. The highest BCUT2D eigenvalue weighted by Gasteiger charge is 2.30. The van der Waals surface area contributed by atoms with Crippen molar-refractivity contribution >= 4 is 5.91 Å². The first kappa shape index (κ1) is 14.8. The summed E-state index contributed by atoms with van der Waals surface area (Å²) in [6, 6.07) is 3.50. The van der Waals surface area contributed by atoms with Gasteiger partial charge in [0.15, 0.2) is 0 Å². The maximum atomic E-state index is 12.4. The number of rotatable bonds is 4. The molecule has 5 heteroatoms. The van der Waals surface area contributed by atoms with Crippen LogP contribution in [-0.2, 0) is 0 Å². The highest BCUT2D eigenvalue weighted by molar-refractivity contribution is 5.93. The highest BCUT2D eigenvalue weighted by Crippen LogP contribution is 2.21. The lowest BCUT2D eigenvalue weighted by atomic mass is 9.89. The fourth-order valence-corrected chi connectivity index (χ4v) is 2.89. The van der Waals surface area contributed by atoms with Crippen LogP contribution in [0, 0.1) is 5.92 Å². The molecule has 1 aliphatic heterocycles. The third-order valence-corrected chi connectivity index (χ3v) is 4.04. The fourth-order valence-electron chi connectivity index (χ4n) is 2.89. The Morgan fingerprint density at radius 1 is 1.45 bits per heavy atom. The largest absolute Gasteiger partial charge is 0.338 e. The summed E-state index contributed by atoms with van der Waals surface area (Å²) in [5, 5.41) is 3.51. The highest BCUT2D eigenvalue weighted by atomic mass is 16.2. The van der Waals surface area contributed by atoms with Crippen LogP contribution < -0.4 is 10.9 Å². The van der Waals surface area contributed by atoms with Crippen molar-refractivity contribution in [1.82, 2.24) is 15.2 Å². The molecule has 2 N–H and O–H groups in total. The first-order chi connectivity index (χ1) is 9.65. The second kappa shape index (κ2) is 6.70. The van der Waals surface area contributed by atoms with Gasteiger partial charge < -0.3 is 15.2 Å². The van der Waals surface area contributed by atoms with E-state index in [4.69, 9.17) is 0 Å². The van der Waals surface area contributed by atoms with Crippen LogP contribution in [0.25, 0.3) is 0 Å². The Morgan fingerprint density at radius 3 is 2.85 bits per heavy atom. The molecular weight excluding hydrogens is 254 g/mol. The van der Waals surface area contributed by atoms with Gasteiger partial charge in [0, 0.05) is 31.4 Å². The van der Waals surface area contributed by atoms with Gasteiger partial charge in [-0.3, -0.25) is 9.59 Å². The van der Waals surface area contributed by atoms with Crippen molar-refractivity contribution in [2.24, 2.45) is 5.92 Å². The number of hydrogen-bond acceptors (Lipinski definition) is 3. The number of H-pyrrole nitrogens is 1. The molecule has 1 saturated heterocycles. The lowest BCUT2D eigenvalue weighted by Gasteiger charge is -2.38. The summed E-state index contributed by atoms with van der Waals surface area (Å²) in [6.45, 7) is 6.81. The van der Waals surface area contributed by atoms with Crippen molar-refractivity contribution in [3.05, 3.63) is 34.2 Å². The molecule has 2 unspecified atom stereocenters. The minimum absolute atomic E-state index is 0.00893. The van der Waals surface area contributed by atoms with Gasteiger partial charge >= 0.3 is 0 Å². The molecule has 0 saturated carbocycles. The fraction of sp³-hybridized carbons (Fsp3) is 0.600. The zero-order valence-corrected chi connectivity index (χ0v) is 12.2. The molecule has 0 bridgehead atoms. The zero-order chi connectivity index (χ0) is 14.5. The SMILES string of the molecule is CCNC1CCN(C(=O)c2ccc(=O)[nH]c2)CC1CC. The molecule has 1 aliphatic rings. The Kier molecular flexibility index (Phi) is 4.95. The summed E-state index contributed by atoms with van der Waals surface area (Å²) in [5.74, 6) is 0.505. The third-order valence-electron chi connectivity index (χ3n) is 4.04. The number of nitrogens with zero attached hydrogens (tertiary/aromatic N) is 1. The number of likely N-dealkylation sites (tertiary alicyclic amines) is 1. The second-order valence-electron chi connectivity index (χ2n) is 5.31. The van der Waals surface area contributed by atoms with Crippen molar-refractivity contribution in [2.75, 3.05) is 19.6 Å². The maximum Gasteiger partial charge on any atom is 0.255 e. The smallest absolute Gasteiger partial charge is 0.255 e. The summed E-state index contributed by atoms with van der Waals surface area (Å²) in [6.07, 6.45) is 3.55. The van der Waals surface area contributed by atoms with E-state index in [-0.39, 0.29) is 11.5 Å². The van der Waals surface area contributed by atoms with Gasteiger partial charge in [-0.2, -0.15) is 0 Å². The van der Waals surface area contributed by atoms with Gasteiger partial charge in [0.25, 0.3) is 5.91 Å². The molecule has 2 atom stereocenters. The van der Waals surface area contributed by atoms with E-state index in [2.05, 4.69) is 24.1 Å². The van der Waals surface area contributed by atoms with Crippen molar-refractivity contribution in [1.29, 1.82) is 0 Å². The summed E-state index contributed by atoms with van der Waals surface area (Å²) < 4.78 is 0. The predicted molar refractivity (Wildman–Crippen MR) is 78.8 cm³/mol. The normalized spacial score (nSPS) is 22.8. The van der Waals surface area contributed by atoms with Crippen molar-refractivity contribution < 1.29 is 4.79 Å². The molecule has 0 aliphatic carbocycles. The number of aromatic nitrogens is 1. The van der Waals surface area contributed by atoms with E-state index in [0.29, 0.717) is 17.5 Å². The number of nitrogens with one attached hydrogen (secondary N) is 2. The maximum absolute atomic E-state index is 12.4. The van der Waals surface area contributed by atoms with Gasteiger partial charge in [-0.1, -0.05) is 20.3 Å². The van der Waals surface area contributed by atoms with Crippen LogP contribution in [0.1, 0.15) is 37.0 Å². The Bertz CT molecular complexity index is 492. The molecule has 5 nitrogen and oxygen atoms in total. The molecule has 110 valence electrons. The molecule has 1 aromatic rings. The number of amides is 1. The molecule has 0 radical (unpaired) electrons. The van der Waals surface area contributed by atoms with E-state index in [1.807, 2.05) is 4.90 Å². The first-order valence-corrected chi connectivity index (χ1v) is 7.37. The van der Waals surface area contributed by atoms with Crippen LogP contribution in [0.15, 0.2) is 23.1 Å². The minimum atomic E-state index is -0.182. The number of carbonyl (C=O) groups excluding carboxylic acids is 1. The van der Waals surface area contributed by atoms with E-state index >= 15 is 0 Å². The Balaban J connectivity index is 2.05. The summed E-state index contributed by atoms with van der Waals surface area (Å²) in [5.41, 5.74) is 0.375. The summed E-state index contributed by atoms with van der Waals surface area (Å²) in [4.78, 5) is 27.9. The van der Waals surface area contributed by atoms with Crippen LogP contribution in [-0.4, -0.2) is 41.5 Å². The van der Waals surface area contributed by atoms with Gasteiger partial charge in [0.1, 0.15) is 0 Å². The second-order valence-corrected chi connectivity index (χ2v) is 5.31. The van der Waals surface area contributed by atoms with Gasteiger partial charge in [-0.25, -0.2) is 0 Å². The molecule has 1 fully saturated rings. The lowest BCUT2D eigenvalue weighted by molar-refractivity contribution is 0.0627. The van der Waals surface area contributed by atoms with Crippen LogP contribution in [0.2, 0.25) is 0 Å². The molecule has 0 aromatic carbocycles. The van der Waals surface area contributed by atoms with E-state index in [9.17, 15) is 9.59 Å². The molecular formula is C15H23N3O2. The molecule has 1 aromatic heterocycles. The number of pyridine rings is 1. The summed E-state index contributed by atoms with van der Waals surface area (Å²) in [7, 11) is 0. The van der Waals surface area contributed by atoms with E-state index < -0.39 is 0 Å². The number of hydrogen-bond donors (Lipinski definition) is 2. The van der Waals surface area contributed by atoms with Crippen molar-refractivity contribution in [3.8, 4) is 0 Å². The van der Waals surface area contributed by atoms with Gasteiger partial charge in [0.2, 0.25) is 5.56 Å². The van der Waals surface area contributed by atoms with E-state index in [1.54, 1.807) is 6.07 Å². The molecule has 0 spiro atoms. The van der Waals surface area contributed by atoms with Gasteiger partial charge in [-0.05, 0) is 24.9 Å². The average Bonchev–Trinajstić information content (AvgIpc) is 2.48. The van der Waals surface area contributed by atoms with Crippen molar-refractivity contribution in [3.63, 3.8) is 0 Å². The molecule has 2 rings (SSSR count). The van der Waals surface area contributed by atoms with Crippen LogP contribution in [0.3, 0.4) is 0 Å². The van der Waals surface area contributed by atoms with E-state index in [1.165, 1.54) is 12.3 Å². The number of aromatic amines is 1.